The SMILES string of the molecule is CC(C)CNCc1ccc(CN2CC3CCC(C2)O3)nc1. The Bertz CT molecular complexity index is 434. The molecule has 2 saturated heterocycles. The highest BCUT2D eigenvalue weighted by atomic mass is 16.5. The second kappa shape index (κ2) is 6.86. The molecule has 1 N–H and O–H groups in total. The fourth-order valence-corrected chi connectivity index (χ4v) is 3.22. The lowest BCUT2D eigenvalue weighted by Gasteiger charge is -2.31. The van der Waals surface area contributed by atoms with Crippen molar-refractivity contribution in [2.24, 2.45) is 5.92 Å². The maximum Gasteiger partial charge on any atom is 0.0707 e. The van der Waals surface area contributed by atoms with Crippen LogP contribution < -0.4 is 5.32 Å². The number of ether oxygens (including phenoxy) is 1. The number of rotatable bonds is 6. The summed E-state index contributed by atoms with van der Waals surface area (Å²) in [6.45, 7) is 9.50. The fourth-order valence-electron chi connectivity index (χ4n) is 3.22. The van der Waals surface area contributed by atoms with Gasteiger partial charge in [0.25, 0.3) is 0 Å². The van der Waals surface area contributed by atoms with Gasteiger partial charge in [-0.2, -0.15) is 0 Å². The molecular formula is C17H27N3O. The van der Waals surface area contributed by atoms with Gasteiger partial charge >= 0.3 is 0 Å². The highest BCUT2D eigenvalue weighted by molar-refractivity contribution is 5.14. The van der Waals surface area contributed by atoms with E-state index in [1.54, 1.807) is 0 Å². The summed E-state index contributed by atoms with van der Waals surface area (Å²) in [5.41, 5.74) is 2.44. The van der Waals surface area contributed by atoms with E-state index >= 15 is 0 Å². The van der Waals surface area contributed by atoms with Gasteiger partial charge in [-0.15, -0.1) is 0 Å². The van der Waals surface area contributed by atoms with E-state index in [4.69, 9.17) is 4.74 Å². The van der Waals surface area contributed by atoms with Gasteiger partial charge in [-0.3, -0.25) is 9.88 Å². The number of hydrogen-bond acceptors (Lipinski definition) is 4. The van der Waals surface area contributed by atoms with Crippen LogP contribution in [-0.4, -0.2) is 41.7 Å². The molecule has 4 heteroatoms. The van der Waals surface area contributed by atoms with Gasteiger partial charge in [0.2, 0.25) is 0 Å². The number of hydrogen-bond donors (Lipinski definition) is 1. The molecule has 3 heterocycles. The van der Waals surface area contributed by atoms with Crippen molar-refractivity contribution in [3.05, 3.63) is 29.6 Å². The Morgan fingerprint density at radius 3 is 2.67 bits per heavy atom. The van der Waals surface area contributed by atoms with Crippen LogP contribution in [0.4, 0.5) is 0 Å². The molecule has 2 bridgehead atoms. The average Bonchev–Trinajstić information content (AvgIpc) is 2.79. The van der Waals surface area contributed by atoms with Crippen molar-refractivity contribution in [2.75, 3.05) is 19.6 Å². The minimum Gasteiger partial charge on any atom is -0.372 e. The van der Waals surface area contributed by atoms with E-state index in [1.165, 1.54) is 24.1 Å². The van der Waals surface area contributed by atoms with Crippen molar-refractivity contribution in [1.29, 1.82) is 0 Å². The van der Waals surface area contributed by atoms with Gasteiger partial charge in [-0.05, 0) is 36.9 Å². The van der Waals surface area contributed by atoms with Gasteiger partial charge in [0.15, 0.2) is 0 Å². The van der Waals surface area contributed by atoms with Gasteiger partial charge in [0.1, 0.15) is 0 Å². The van der Waals surface area contributed by atoms with Crippen molar-refractivity contribution < 1.29 is 4.74 Å². The average molecular weight is 289 g/mol. The van der Waals surface area contributed by atoms with Crippen molar-refractivity contribution >= 4 is 0 Å². The third-order valence-electron chi connectivity index (χ3n) is 4.27. The topological polar surface area (TPSA) is 37.4 Å². The molecule has 0 aliphatic carbocycles. The Morgan fingerprint density at radius 2 is 2.05 bits per heavy atom. The van der Waals surface area contributed by atoms with Crippen LogP contribution in [0.5, 0.6) is 0 Å². The lowest BCUT2D eigenvalue weighted by Crippen LogP contribution is -2.42. The molecule has 21 heavy (non-hydrogen) atoms. The molecule has 2 fully saturated rings. The first-order chi connectivity index (χ1) is 10.2. The molecule has 4 nitrogen and oxygen atoms in total. The number of pyridine rings is 1. The third kappa shape index (κ3) is 4.25. The first-order valence-electron chi connectivity index (χ1n) is 8.21. The highest BCUT2D eigenvalue weighted by Crippen LogP contribution is 2.26. The van der Waals surface area contributed by atoms with Gasteiger partial charge in [-0.1, -0.05) is 19.9 Å². The van der Waals surface area contributed by atoms with E-state index in [0.717, 1.165) is 32.7 Å². The second-order valence-corrected chi connectivity index (χ2v) is 6.83. The maximum atomic E-state index is 5.88. The summed E-state index contributed by atoms with van der Waals surface area (Å²) in [6, 6.07) is 4.37. The minimum atomic E-state index is 0.461. The molecule has 2 aliphatic rings. The fraction of sp³-hybridized carbons (Fsp3) is 0.706. The zero-order valence-corrected chi connectivity index (χ0v) is 13.2. The predicted octanol–water partition coefficient (Wildman–Crippen LogP) is 2.19. The zero-order valence-electron chi connectivity index (χ0n) is 13.2. The van der Waals surface area contributed by atoms with Crippen LogP contribution in [-0.2, 0) is 17.8 Å². The third-order valence-corrected chi connectivity index (χ3v) is 4.27. The number of aromatic nitrogens is 1. The van der Waals surface area contributed by atoms with E-state index in [-0.39, 0.29) is 0 Å². The number of fused-ring (bicyclic) bond motifs is 2. The normalized spacial score (nSPS) is 25.7. The predicted molar refractivity (Wildman–Crippen MR) is 84.0 cm³/mol. The van der Waals surface area contributed by atoms with Crippen molar-refractivity contribution in [3.8, 4) is 0 Å². The molecule has 2 unspecified atom stereocenters. The molecule has 0 spiro atoms. The molecule has 0 aromatic carbocycles. The van der Waals surface area contributed by atoms with Crippen molar-refractivity contribution in [3.63, 3.8) is 0 Å². The number of nitrogens with zero attached hydrogens (tertiary/aromatic N) is 2. The minimum absolute atomic E-state index is 0.461. The summed E-state index contributed by atoms with van der Waals surface area (Å²) in [5, 5.41) is 3.45. The summed E-state index contributed by atoms with van der Waals surface area (Å²) in [4.78, 5) is 7.11. The smallest absolute Gasteiger partial charge is 0.0707 e. The van der Waals surface area contributed by atoms with Gasteiger partial charge in [-0.25, -0.2) is 0 Å². The van der Waals surface area contributed by atoms with E-state index < -0.39 is 0 Å². The molecule has 0 radical (unpaired) electrons. The highest BCUT2D eigenvalue weighted by Gasteiger charge is 2.33. The van der Waals surface area contributed by atoms with Crippen LogP contribution in [0, 0.1) is 5.92 Å². The van der Waals surface area contributed by atoms with Crippen LogP contribution in [0.15, 0.2) is 18.3 Å². The Hall–Kier alpha value is -0.970. The van der Waals surface area contributed by atoms with Gasteiger partial charge < -0.3 is 10.1 Å². The van der Waals surface area contributed by atoms with E-state index in [9.17, 15) is 0 Å². The van der Waals surface area contributed by atoms with Crippen LogP contribution in [0.25, 0.3) is 0 Å². The summed E-state index contributed by atoms with van der Waals surface area (Å²) in [7, 11) is 0. The van der Waals surface area contributed by atoms with Gasteiger partial charge in [0.05, 0.1) is 17.9 Å². The molecule has 116 valence electrons. The largest absolute Gasteiger partial charge is 0.372 e. The van der Waals surface area contributed by atoms with Crippen molar-refractivity contribution in [2.45, 2.75) is 52.0 Å². The van der Waals surface area contributed by atoms with E-state index in [0.29, 0.717) is 18.1 Å². The molecule has 2 aliphatic heterocycles. The van der Waals surface area contributed by atoms with Crippen molar-refractivity contribution in [1.82, 2.24) is 15.2 Å². The molecule has 3 rings (SSSR count). The van der Waals surface area contributed by atoms with Crippen LogP contribution in [0.2, 0.25) is 0 Å². The summed E-state index contributed by atoms with van der Waals surface area (Å²) in [5.74, 6) is 0.689. The molecule has 1 aromatic heterocycles. The molecule has 0 amide bonds. The van der Waals surface area contributed by atoms with E-state index in [2.05, 4.69) is 41.2 Å². The van der Waals surface area contributed by atoms with Crippen LogP contribution in [0.3, 0.4) is 0 Å². The molecule has 2 atom stereocenters. The summed E-state index contributed by atoms with van der Waals surface area (Å²) < 4.78 is 5.88. The number of morpholine rings is 1. The number of likely N-dealkylation sites (tertiary alicyclic amines) is 1. The standard InChI is InChI=1S/C17H27N3O/c1-13(2)7-18-8-14-3-4-15(19-9-14)10-20-11-16-5-6-17(12-20)21-16/h3-4,9,13,16-18H,5-8,10-12H2,1-2H3. The Balaban J connectivity index is 1.48. The Labute approximate surface area is 127 Å². The molecule has 1 aromatic rings. The van der Waals surface area contributed by atoms with Crippen LogP contribution in [0.1, 0.15) is 37.9 Å². The molecule has 0 saturated carbocycles. The first-order valence-corrected chi connectivity index (χ1v) is 8.21. The zero-order chi connectivity index (χ0) is 14.7. The Kier molecular flexibility index (Phi) is 4.88. The number of nitrogens with one attached hydrogen (secondary N) is 1. The van der Waals surface area contributed by atoms with Gasteiger partial charge in [0, 0.05) is 32.4 Å². The second-order valence-electron chi connectivity index (χ2n) is 6.83. The Morgan fingerprint density at radius 1 is 1.29 bits per heavy atom. The molecular weight excluding hydrogens is 262 g/mol. The van der Waals surface area contributed by atoms with Crippen LogP contribution >= 0.6 is 0 Å². The summed E-state index contributed by atoms with van der Waals surface area (Å²) in [6.07, 6.45) is 5.40. The monoisotopic (exact) mass is 289 g/mol. The first kappa shape index (κ1) is 14.9. The summed E-state index contributed by atoms with van der Waals surface area (Å²) >= 11 is 0. The van der Waals surface area contributed by atoms with E-state index in [1.807, 2.05) is 6.20 Å². The quantitative estimate of drug-likeness (QED) is 0.871. The maximum absolute atomic E-state index is 5.88. The lowest BCUT2D eigenvalue weighted by atomic mass is 10.2. The lowest BCUT2D eigenvalue weighted by molar-refractivity contribution is -0.0413.